The summed E-state index contributed by atoms with van der Waals surface area (Å²) in [6.45, 7) is 5.37. The molecule has 0 aliphatic carbocycles. The van der Waals surface area contributed by atoms with Gasteiger partial charge in [0.1, 0.15) is 6.07 Å². The number of aromatic nitrogens is 1. The van der Waals surface area contributed by atoms with Crippen LogP contribution in [0.4, 0.5) is 0 Å². The summed E-state index contributed by atoms with van der Waals surface area (Å²) < 4.78 is 0. The van der Waals surface area contributed by atoms with Gasteiger partial charge in [0.2, 0.25) is 0 Å². The van der Waals surface area contributed by atoms with E-state index in [9.17, 15) is 0 Å². The largest absolute Gasteiger partial charge is 0.302 e. The average Bonchev–Trinajstić information content (AvgIpc) is 3.18. The van der Waals surface area contributed by atoms with E-state index in [4.69, 9.17) is 5.26 Å². The maximum absolute atomic E-state index is 8.91. The molecule has 5 heteroatoms. The molecule has 0 radical (unpaired) electrons. The molecule has 2 aromatic heterocycles. The van der Waals surface area contributed by atoms with Gasteiger partial charge in [0.05, 0.1) is 5.56 Å². The van der Waals surface area contributed by atoms with Crippen LogP contribution in [0.15, 0.2) is 36.0 Å². The molecule has 0 bridgehead atoms. The van der Waals surface area contributed by atoms with Crippen LogP contribution in [0, 0.1) is 17.2 Å². The highest BCUT2D eigenvalue weighted by Gasteiger charge is 2.23. The SMILES string of the molecule is CN(Cc1cccnc1)C[C@@H]1CCN(Cc2cc(C#N)cs2)C1. The average molecular weight is 326 g/mol. The van der Waals surface area contributed by atoms with Crippen LogP contribution in [0.25, 0.3) is 0 Å². The molecular weight excluding hydrogens is 304 g/mol. The summed E-state index contributed by atoms with van der Waals surface area (Å²) in [5.41, 5.74) is 2.06. The molecule has 1 fully saturated rings. The normalized spacial score (nSPS) is 18.4. The molecule has 120 valence electrons. The Balaban J connectivity index is 1.45. The molecule has 0 spiro atoms. The summed E-state index contributed by atoms with van der Waals surface area (Å²) in [7, 11) is 2.19. The van der Waals surface area contributed by atoms with Gasteiger partial charge in [-0.2, -0.15) is 5.26 Å². The molecule has 0 unspecified atom stereocenters. The van der Waals surface area contributed by atoms with E-state index in [0.29, 0.717) is 0 Å². The lowest BCUT2D eigenvalue weighted by Gasteiger charge is -2.21. The van der Waals surface area contributed by atoms with Gasteiger partial charge in [0.25, 0.3) is 0 Å². The van der Waals surface area contributed by atoms with E-state index in [0.717, 1.165) is 44.2 Å². The zero-order valence-corrected chi connectivity index (χ0v) is 14.3. The molecule has 3 rings (SSSR count). The van der Waals surface area contributed by atoms with Gasteiger partial charge < -0.3 is 4.90 Å². The van der Waals surface area contributed by atoms with E-state index >= 15 is 0 Å². The summed E-state index contributed by atoms with van der Waals surface area (Å²) >= 11 is 1.70. The third-order valence-corrected chi connectivity index (χ3v) is 5.20. The first-order valence-corrected chi connectivity index (χ1v) is 8.88. The molecule has 0 aromatic carbocycles. The van der Waals surface area contributed by atoms with Crippen LogP contribution in [0.2, 0.25) is 0 Å². The quantitative estimate of drug-likeness (QED) is 0.818. The van der Waals surface area contributed by atoms with Crippen molar-refractivity contribution < 1.29 is 0 Å². The number of hydrogen-bond donors (Lipinski definition) is 0. The second kappa shape index (κ2) is 7.69. The highest BCUT2D eigenvalue weighted by atomic mass is 32.1. The summed E-state index contributed by atoms with van der Waals surface area (Å²) in [6.07, 6.45) is 5.02. The first-order valence-electron chi connectivity index (χ1n) is 8.00. The van der Waals surface area contributed by atoms with Crippen LogP contribution >= 0.6 is 11.3 Å². The topological polar surface area (TPSA) is 43.2 Å². The van der Waals surface area contributed by atoms with Gasteiger partial charge >= 0.3 is 0 Å². The van der Waals surface area contributed by atoms with Crippen LogP contribution in [-0.4, -0.2) is 41.5 Å². The minimum atomic E-state index is 0.729. The molecule has 0 amide bonds. The van der Waals surface area contributed by atoms with Gasteiger partial charge in [-0.25, -0.2) is 0 Å². The maximum atomic E-state index is 8.91. The number of likely N-dealkylation sites (tertiary alicyclic amines) is 1. The van der Waals surface area contributed by atoms with Crippen molar-refractivity contribution in [3.05, 3.63) is 52.0 Å². The van der Waals surface area contributed by atoms with Crippen molar-refractivity contribution in [1.82, 2.24) is 14.8 Å². The second-order valence-corrected chi connectivity index (χ2v) is 7.36. The van der Waals surface area contributed by atoms with Crippen molar-refractivity contribution in [3.63, 3.8) is 0 Å². The highest BCUT2D eigenvalue weighted by Crippen LogP contribution is 2.22. The molecule has 1 atom stereocenters. The predicted octanol–water partition coefficient (Wildman–Crippen LogP) is 2.97. The molecule has 0 saturated carbocycles. The molecule has 23 heavy (non-hydrogen) atoms. The van der Waals surface area contributed by atoms with Gasteiger partial charge in [-0.1, -0.05) is 6.07 Å². The van der Waals surface area contributed by atoms with Crippen LogP contribution < -0.4 is 0 Å². The number of rotatable bonds is 6. The van der Waals surface area contributed by atoms with Gasteiger partial charge in [-0.15, -0.1) is 11.3 Å². The zero-order chi connectivity index (χ0) is 16.1. The van der Waals surface area contributed by atoms with Crippen molar-refractivity contribution in [2.75, 3.05) is 26.7 Å². The molecular formula is C18H22N4S. The van der Waals surface area contributed by atoms with Crippen molar-refractivity contribution in [3.8, 4) is 6.07 Å². The van der Waals surface area contributed by atoms with E-state index in [1.165, 1.54) is 16.9 Å². The zero-order valence-electron chi connectivity index (χ0n) is 13.5. The summed E-state index contributed by atoms with van der Waals surface area (Å²) in [4.78, 5) is 10.4. The fraction of sp³-hybridized carbons (Fsp3) is 0.444. The van der Waals surface area contributed by atoms with Gasteiger partial charge in [-0.3, -0.25) is 9.88 Å². The Kier molecular flexibility index (Phi) is 5.39. The van der Waals surface area contributed by atoms with E-state index in [1.807, 2.05) is 29.9 Å². The smallest absolute Gasteiger partial charge is 0.100 e. The lowest BCUT2D eigenvalue weighted by atomic mass is 10.1. The van der Waals surface area contributed by atoms with E-state index in [1.54, 1.807) is 11.3 Å². The predicted molar refractivity (Wildman–Crippen MR) is 93.0 cm³/mol. The van der Waals surface area contributed by atoms with Crippen LogP contribution in [0.5, 0.6) is 0 Å². The van der Waals surface area contributed by atoms with Gasteiger partial charge in [-0.05, 0) is 43.6 Å². The van der Waals surface area contributed by atoms with Crippen LogP contribution in [0.3, 0.4) is 0 Å². The van der Waals surface area contributed by atoms with Crippen molar-refractivity contribution >= 4 is 11.3 Å². The van der Waals surface area contributed by atoms with Gasteiger partial charge in [0, 0.05) is 48.8 Å². The summed E-state index contributed by atoms with van der Waals surface area (Å²) in [6, 6.07) is 8.36. The number of nitrogens with zero attached hydrogens (tertiary/aromatic N) is 4. The van der Waals surface area contributed by atoms with Crippen molar-refractivity contribution in [2.45, 2.75) is 19.5 Å². The van der Waals surface area contributed by atoms with E-state index in [2.05, 4.69) is 34.0 Å². The molecule has 1 aliphatic rings. The Morgan fingerprint density at radius 1 is 1.52 bits per heavy atom. The third kappa shape index (κ3) is 4.61. The first-order chi connectivity index (χ1) is 11.2. The maximum Gasteiger partial charge on any atom is 0.100 e. The Morgan fingerprint density at radius 3 is 3.17 bits per heavy atom. The summed E-state index contributed by atoms with van der Waals surface area (Å²) in [5, 5.41) is 10.9. The van der Waals surface area contributed by atoms with Crippen LogP contribution in [0.1, 0.15) is 22.4 Å². The Labute approximate surface area is 142 Å². The van der Waals surface area contributed by atoms with E-state index < -0.39 is 0 Å². The lowest BCUT2D eigenvalue weighted by Crippen LogP contribution is -2.27. The molecule has 3 heterocycles. The Hall–Kier alpha value is -1.74. The molecule has 4 nitrogen and oxygen atoms in total. The monoisotopic (exact) mass is 326 g/mol. The Morgan fingerprint density at radius 2 is 2.43 bits per heavy atom. The first kappa shape index (κ1) is 16.1. The number of pyridine rings is 1. The fourth-order valence-corrected chi connectivity index (χ4v) is 4.11. The minimum absolute atomic E-state index is 0.729. The summed E-state index contributed by atoms with van der Waals surface area (Å²) in [5.74, 6) is 0.729. The molecule has 2 aromatic rings. The Bertz CT molecular complexity index is 661. The number of hydrogen-bond acceptors (Lipinski definition) is 5. The van der Waals surface area contributed by atoms with E-state index in [-0.39, 0.29) is 0 Å². The fourth-order valence-electron chi connectivity index (χ4n) is 3.26. The molecule has 1 saturated heterocycles. The van der Waals surface area contributed by atoms with Gasteiger partial charge in [0.15, 0.2) is 0 Å². The molecule has 0 N–H and O–H groups in total. The minimum Gasteiger partial charge on any atom is -0.302 e. The highest BCUT2D eigenvalue weighted by molar-refractivity contribution is 7.10. The standard InChI is InChI=1S/C18H22N4S/c1-21(10-15-3-2-5-20-9-15)11-16-4-6-22(12-16)13-18-7-17(8-19)14-23-18/h2-3,5,7,9,14,16H,4,6,10-13H2,1H3/t16-/m0/s1. The van der Waals surface area contributed by atoms with Crippen molar-refractivity contribution in [1.29, 1.82) is 5.26 Å². The molecule has 1 aliphatic heterocycles. The number of thiophene rings is 1. The number of nitriles is 1. The third-order valence-electron chi connectivity index (χ3n) is 4.28. The van der Waals surface area contributed by atoms with Crippen LogP contribution in [-0.2, 0) is 13.1 Å². The van der Waals surface area contributed by atoms with Crippen molar-refractivity contribution in [2.24, 2.45) is 5.92 Å². The second-order valence-electron chi connectivity index (χ2n) is 6.36. The lowest BCUT2D eigenvalue weighted by molar-refractivity contribution is 0.255.